The topological polar surface area (TPSA) is 115 Å². The summed E-state index contributed by atoms with van der Waals surface area (Å²) in [5.74, 6) is -0.0463. The number of hydrogen-bond donors (Lipinski definition) is 3. The van der Waals surface area contributed by atoms with Crippen molar-refractivity contribution >= 4 is 37.9 Å². The van der Waals surface area contributed by atoms with Gasteiger partial charge in [-0.1, -0.05) is 9.24 Å². The minimum atomic E-state index is -0.416. The number of pyridine rings is 1. The van der Waals surface area contributed by atoms with Crippen LogP contribution in [0, 0.1) is 5.41 Å². The predicted octanol–water partition coefficient (Wildman–Crippen LogP) is 1.74. The molecule has 1 saturated heterocycles. The van der Waals surface area contributed by atoms with Crippen molar-refractivity contribution in [2.45, 2.75) is 18.9 Å². The van der Waals surface area contributed by atoms with Crippen LogP contribution in [0.5, 0.6) is 0 Å². The van der Waals surface area contributed by atoms with E-state index in [-0.39, 0.29) is 34.1 Å². The van der Waals surface area contributed by atoms with Gasteiger partial charge in [-0.15, -0.1) is 0 Å². The fraction of sp³-hybridized carbons (Fsp3) is 0.312. The van der Waals surface area contributed by atoms with Crippen LogP contribution in [0.4, 0.5) is 5.69 Å². The summed E-state index contributed by atoms with van der Waals surface area (Å²) in [5.41, 5.74) is 0.658. The SMILES string of the molecule is N=C(P)c1nc(Cl)[nH]c(=O)c1NC1CCN(C(=O)c2cccnc2)CC1. The molecule has 2 aromatic rings. The van der Waals surface area contributed by atoms with E-state index in [4.69, 9.17) is 17.0 Å². The smallest absolute Gasteiger partial charge is 0.275 e. The Bertz CT molecular complexity index is 880. The van der Waals surface area contributed by atoms with Crippen LogP contribution in [-0.2, 0) is 0 Å². The Morgan fingerprint density at radius 2 is 2.15 bits per heavy atom. The molecule has 8 nitrogen and oxygen atoms in total. The summed E-state index contributed by atoms with van der Waals surface area (Å²) in [6.07, 6.45) is 4.55. The van der Waals surface area contributed by atoms with E-state index in [9.17, 15) is 9.59 Å². The number of carbonyl (C=O) groups excluding carboxylic acids is 1. The number of rotatable bonds is 4. The van der Waals surface area contributed by atoms with Crippen LogP contribution in [0.1, 0.15) is 28.9 Å². The van der Waals surface area contributed by atoms with Crippen molar-refractivity contribution in [3.63, 3.8) is 0 Å². The molecule has 0 spiro atoms. The first-order valence-corrected chi connectivity index (χ1v) is 9.01. The summed E-state index contributed by atoms with van der Waals surface area (Å²) in [4.78, 5) is 36.8. The van der Waals surface area contributed by atoms with Gasteiger partial charge in [-0.3, -0.25) is 25.0 Å². The lowest BCUT2D eigenvalue weighted by molar-refractivity contribution is 0.0718. The quantitative estimate of drug-likeness (QED) is 0.416. The number of H-pyrrole nitrogens is 1. The molecule has 1 aliphatic heterocycles. The van der Waals surface area contributed by atoms with Gasteiger partial charge >= 0.3 is 0 Å². The Hall–Kier alpha value is -2.31. The van der Waals surface area contributed by atoms with E-state index in [1.165, 1.54) is 0 Å². The van der Waals surface area contributed by atoms with Crippen LogP contribution in [-0.4, -0.2) is 50.3 Å². The maximum absolute atomic E-state index is 12.5. The van der Waals surface area contributed by atoms with Crippen molar-refractivity contribution in [1.82, 2.24) is 19.9 Å². The molecular weight excluding hydrogens is 375 g/mol. The fourth-order valence-electron chi connectivity index (χ4n) is 2.88. The molecule has 0 aromatic carbocycles. The zero-order valence-electron chi connectivity index (χ0n) is 13.8. The highest BCUT2D eigenvalue weighted by Crippen LogP contribution is 2.20. The first kappa shape index (κ1) is 18.5. The largest absolute Gasteiger partial charge is 0.376 e. The molecule has 1 amide bonds. The van der Waals surface area contributed by atoms with Crippen molar-refractivity contribution in [2.75, 3.05) is 18.4 Å². The van der Waals surface area contributed by atoms with Crippen LogP contribution in [0.3, 0.4) is 0 Å². The third-order valence-corrected chi connectivity index (χ3v) is 4.64. The zero-order valence-corrected chi connectivity index (χ0v) is 15.7. The Labute approximate surface area is 157 Å². The van der Waals surface area contributed by atoms with Gasteiger partial charge < -0.3 is 10.2 Å². The second kappa shape index (κ2) is 7.93. The second-order valence-corrected chi connectivity index (χ2v) is 6.88. The van der Waals surface area contributed by atoms with Gasteiger partial charge in [0.15, 0.2) is 0 Å². The van der Waals surface area contributed by atoms with E-state index in [2.05, 4.69) is 29.5 Å². The molecule has 1 fully saturated rings. The average molecular weight is 393 g/mol. The van der Waals surface area contributed by atoms with Crippen LogP contribution in [0.25, 0.3) is 0 Å². The number of hydrogen-bond acceptors (Lipinski definition) is 6. The molecule has 10 heteroatoms. The second-order valence-electron chi connectivity index (χ2n) is 5.95. The van der Waals surface area contributed by atoms with Gasteiger partial charge in [-0.2, -0.15) is 0 Å². The average Bonchev–Trinajstić information content (AvgIpc) is 2.64. The number of anilines is 1. The third-order valence-electron chi connectivity index (χ3n) is 4.18. The van der Waals surface area contributed by atoms with Gasteiger partial charge in [-0.25, -0.2) is 4.98 Å². The lowest BCUT2D eigenvalue weighted by Gasteiger charge is -2.33. The lowest BCUT2D eigenvalue weighted by atomic mass is 10.0. The summed E-state index contributed by atoms with van der Waals surface area (Å²) in [7, 11) is 2.21. The molecule has 0 radical (unpaired) electrons. The maximum atomic E-state index is 12.5. The summed E-state index contributed by atoms with van der Waals surface area (Å²) in [5, 5.41) is 10.9. The van der Waals surface area contributed by atoms with E-state index in [1.807, 2.05) is 0 Å². The van der Waals surface area contributed by atoms with Crippen molar-refractivity contribution in [3.8, 4) is 0 Å². The summed E-state index contributed by atoms with van der Waals surface area (Å²) >= 11 is 5.77. The highest BCUT2D eigenvalue weighted by molar-refractivity contribution is 7.41. The normalized spacial score (nSPS) is 14.9. The standard InChI is InChI=1S/C16H18ClN6O2P/c17-16-21-11(13(18)26)12(14(24)22-16)20-10-3-6-23(7-4-10)15(25)9-2-1-5-19-8-9/h1-2,5,8,10,18,20H,3-4,6-7,26H2,(H,21,22,24). The number of carbonyl (C=O) groups is 1. The van der Waals surface area contributed by atoms with Crippen LogP contribution < -0.4 is 10.9 Å². The fourth-order valence-corrected chi connectivity index (χ4v) is 3.26. The molecule has 2 aromatic heterocycles. The van der Waals surface area contributed by atoms with E-state index < -0.39 is 5.56 Å². The van der Waals surface area contributed by atoms with Gasteiger partial charge in [0.1, 0.15) is 11.4 Å². The van der Waals surface area contributed by atoms with E-state index >= 15 is 0 Å². The molecule has 0 saturated carbocycles. The number of halogens is 1. The van der Waals surface area contributed by atoms with E-state index in [1.54, 1.807) is 29.4 Å². The highest BCUT2D eigenvalue weighted by atomic mass is 35.5. The van der Waals surface area contributed by atoms with Gasteiger partial charge in [0.25, 0.3) is 11.5 Å². The Kier molecular flexibility index (Phi) is 5.64. The van der Waals surface area contributed by atoms with Gasteiger partial charge in [0.05, 0.1) is 11.0 Å². The van der Waals surface area contributed by atoms with Crippen molar-refractivity contribution in [1.29, 1.82) is 5.41 Å². The van der Waals surface area contributed by atoms with E-state index in [0.717, 1.165) is 0 Å². The molecule has 0 aliphatic carbocycles. The van der Waals surface area contributed by atoms with Crippen LogP contribution >= 0.6 is 20.8 Å². The molecule has 3 N–H and O–H groups in total. The van der Waals surface area contributed by atoms with Crippen LogP contribution in [0.15, 0.2) is 29.3 Å². The maximum Gasteiger partial charge on any atom is 0.275 e. The molecule has 1 aliphatic rings. The minimum Gasteiger partial charge on any atom is -0.376 e. The number of nitrogens with zero attached hydrogens (tertiary/aromatic N) is 3. The first-order valence-electron chi connectivity index (χ1n) is 8.05. The summed E-state index contributed by atoms with van der Waals surface area (Å²) in [6.45, 7) is 1.13. The molecule has 136 valence electrons. The number of likely N-dealkylation sites (tertiary alicyclic amines) is 1. The Morgan fingerprint density at radius 3 is 2.77 bits per heavy atom. The number of nitrogens with one attached hydrogen (secondary N) is 3. The predicted molar refractivity (Wildman–Crippen MR) is 103 cm³/mol. The summed E-state index contributed by atoms with van der Waals surface area (Å²) < 4.78 is 0. The Morgan fingerprint density at radius 1 is 1.42 bits per heavy atom. The molecule has 1 unspecified atom stereocenters. The van der Waals surface area contributed by atoms with Gasteiger partial charge in [0, 0.05) is 31.5 Å². The molecule has 0 bridgehead atoms. The summed E-state index contributed by atoms with van der Waals surface area (Å²) in [6, 6.07) is 3.48. The van der Waals surface area contributed by atoms with Gasteiger partial charge in [0.2, 0.25) is 5.28 Å². The highest BCUT2D eigenvalue weighted by Gasteiger charge is 2.25. The van der Waals surface area contributed by atoms with E-state index in [0.29, 0.717) is 31.5 Å². The van der Waals surface area contributed by atoms with Gasteiger partial charge in [-0.05, 0) is 36.6 Å². The first-order chi connectivity index (χ1) is 12.5. The molecule has 1 atom stereocenters. The molecule has 3 rings (SSSR count). The monoisotopic (exact) mass is 392 g/mol. The Balaban J connectivity index is 1.68. The minimum absolute atomic E-state index is 0.000115. The molecule has 3 heterocycles. The lowest BCUT2D eigenvalue weighted by Crippen LogP contribution is -2.43. The van der Waals surface area contributed by atoms with Crippen LogP contribution in [0.2, 0.25) is 5.28 Å². The molecular formula is C16H18ClN6O2P. The van der Waals surface area contributed by atoms with Crippen molar-refractivity contribution in [2.24, 2.45) is 0 Å². The number of aromatic amines is 1. The number of piperidine rings is 1. The van der Waals surface area contributed by atoms with Crippen molar-refractivity contribution < 1.29 is 4.79 Å². The zero-order chi connectivity index (χ0) is 18.7. The number of aromatic nitrogens is 3. The van der Waals surface area contributed by atoms with Crippen molar-refractivity contribution in [3.05, 3.63) is 51.4 Å². The molecule has 26 heavy (non-hydrogen) atoms. The number of amides is 1. The third kappa shape index (κ3) is 4.08.